The van der Waals surface area contributed by atoms with E-state index in [-0.39, 0.29) is 25.5 Å². The van der Waals surface area contributed by atoms with E-state index in [1.165, 1.54) is 12.1 Å². The lowest BCUT2D eigenvalue weighted by Gasteiger charge is -2.04. The fourth-order valence-electron chi connectivity index (χ4n) is 1.67. The monoisotopic (exact) mass is 358 g/mol. The molecule has 0 unspecified atom stereocenters. The van der Waals surface area contributed by atoms with Gasteiger partial charge in [-0.1, -0.05) is 13.1 Å². The molecular weight excluding hydrogens is 328 g/mol. The minimum Gasteiger partial charge on any atom is -0.362 e. The maximum absolute atomic E-state index is 7.19. The average Bonchev–Trinajstić information content (AvgIpc) is 3.18. The van der Waals surface area contributed by atoms with Gasteiger partial charge in [0.2, 0.25) is 0 Å². The van der Waals surface area contributed by atoms with Crippen LogP contribution in [0.2, 0.25) is 0 Å². The Bertz CT molecular complexity index is 903. The van der Waals surface area contributed by atoms with Crippen LogP contribution in [0.1, 0.15) is 21.0 Å². The summed E-state index contributed by atoms with van der Waals surface area (Å²) in [5.41, 5.74) is 1.14. The van der Waals surface area contributed by atoms with Gasteiger partial charge in [0.1, 0.15) is 0 Å². The van der Waals surface area contributed by atoms with Crippen LogP contribution < -0.4 is 5.32 Å². The molecule has 1 N–H and O–H groups in total. The van der Waals surface area contributed by atoms with Crippen molar-refractivity contribution in [3.8, 4) is 0 Å². The van der Waals surface area contributed by atoms with Crippen molar-refractivity contribution in [2.24, 2.45) is 14.0 Å². The van der Waals surface area contributed by atoms with E-state index >= 15 is 0 Å². The Balaban J connectivity index is 0. The molecule has 9 heteroatoms. The molecule has 0 bridgehead atoms. The summed E-state index contributed by atoms with van der Waals surface area (Å²) in [7, 11) is 5.43. The minimum atomic E-state index is -2.38. The van der Waals surface area contributed by atoms with Crippen LogP contribution in [0.5, 0.6) is 0 Å². The highest BCUT2D eigenvalue weighted by atomic mass is 35.5. The van der Waals surface area contributed by atoms with Gasteiger partial charge >= 0.3 is 0 Å². The largest absolute Gasteiger partial charge is 0.362 e. The van der Waals surface area contributed by atoms with E-state index in [1.807, 2.05) is 19.0 Å². The summed E-state index contributed by atoms with van der Waals surface area (Å²) < 4.78 is 44.5. The predicted molar refractivity (Wildman–Crippen MR) is 98.5 cm³/mol. The topological polar surface area (TPSA) is 59.6 Å². The Morgan fingerprint density at radius 3 is 2.04 bits per heavy atom. The second-order valence-electron chi connectivity index (χ2n) is 4.80. The molecule has 0 saturated heterocycles. The van der Waals surface area contributed by atoms with Crippen molar-refractivity contribution >= 4 is 24.0 Å². The van der Waals surface area contributed by atoms with Crippen LogP contribution >= 0.6 is 12.4 Å². The first-order valence-corrected chi connectivity index (χ1v) is 6.56. The molecule has 0 aromatic carbocycles. The smallest absolute Gasteiger partial charge is 0.252 e. The zero-order chi connectivity index (χ0) is 22.4. The maximum atomic E-state index is 7.19. The zero-order valence-electron chi connectivity index (χ0n) is 19.6. The molecule has 0 spiro atoms. The molecule has 0 fully saturated rings. The molecule has 0 aliphatic rings. The lowest BCUT2D eigenvalue weighted by Crippen LogP contribution is -2.11. The number of aryl methyl sites for hydroxylation is 2. The Morgan fingerprint density at radius 2 is 1.67 bits per heavy atom. The molecular formula is C15H25ClN8. The fraction of sp³-hybridized carbons (Fsp3) is 0.467. The summed E-state index contributed by atoms with van der Waals surface area (Å²) in [6.07, 6.45) is 0. The molecule has 132 valence electrons. The van der Waals surface area contributed by atoms with E-state index in [4.69, 9.17) is 21.4 Å². The van der Waals surface area contributed by atoms with Gasteiger partial charge < -0.3 is 19.9 Å². The molecule has 0 amide bonds. The molecule has 2 heterocycles. The lowest BCUT2D eigenvalue weighted by molar-refractivity contribution is 0.395. The number of aromatic nitrogens is 4. The van der Waals surface area contributed by atoms with Crippen molar-refractivity contribution in [3.05, 3.63) is 46.4 Å². The van der Waals surface area contributed by atoms with Crippen molar-refractivity contribution in [1.29, 1.82) is 0 Å². The van der Waals surface area contributed by atoms with Gasteiger partial charge in [-0.25, -0.2) is 9.36 Å². The molecule has 2 aromatic heterocycles. The van der Waals surface area contributed by atoms with E-state index in [1.54, 1.807) is 7.05 Å². The lowest BCUT2D eigenvalue weighted by atomic mass is 10.4. The van der Waals surface area contributed by atoms with Crippen LogP contribution in [0.15, 0.2) is 12.1 Å². The van der Waals surface area contributed by atoms with E-state index in [0.717, 1.165) is 9.36 Å². The molecule has 0 atom stereocenters. The number of nitrogens with zero attached hydrogens (tertiary/aromatic N) is 7. The Labute approximate surface area is 159 Å². The van der Waals surface area contributed by atoms with Crippen LogP contribution in [0.3, 0.4) is 0 Å². The molecule has 0 saturated carbocycles. The highest BCUT2D eigenvalue weighted by molar-refractivity contribution is 5.85. The highest BCUT2D eigenvalue weighted by Gasteiger charge is 2.05. The number of nitrogens with one attached hydrogen (secondary N) is 1. The molecule has 0 aliphatic heterocycles. The highest BCUT2D eigenvalue weighted by Crippen LogP contribution is 2.13. The predicted octanol–water partition coefficient (Wildman–Crippen LogP) is 2.39. The van der Waals surface area contributed by atoms with E-state index in [2.05, 4.69) is 25.2 Å². The SMILES string of the molecule is Cl.[2H]C([2H])([2H])n1nc(CN(C)C)cc1[N+]#[C-].[2H]C([2H])([2H])n1nc(CNC)cc1[N+]#[C-].[HH]. The Morgan fingerprint density at radius 1 is 1.17 bits per heavy atom. The van der Waals surface area contributed by atoms with Crippen LogP contribution in [-0.2, 0) is 27.0 Å². The normalized spacial score (nSPS) is 14.2. The maximum Gasteiger partial charge on any atom is 0.252 e. The zero-order valence-corrected chi connectivity index (χ0v) is 14.4. The van der Waals surface area contributed by atoms with Crippen molar-refractivity contribution in [2.45, 2.75) is 13.1 Å². The van der Waals surface area contributed by atoms with E-state index in [0.29, 0.717) is 24.5 Å². The van der Waals surface area contributed by atoms with Gasteiger partial charge in [0.15, 0.2) is 0 Å². The summed E-state index contributed by atoms with van der Waals surface area (Å²) in [6.45, 7) is 9.87. The van der Waals surface area contributed by atoms with Crippen LogP contribution in [0.4, 0.5) is 11.6 Å². The van der Waals surface area contributed by atoms with Gasteiger partial charge in [0.25, 0.3) is 11.6 Å². The van der Waals surface area contributed by atoms with E-state index < -0.39 is 14.0 Å². The van der Waals surface area contributed by atoms with Crippen LogP contribution in [0, 0.1) is 13.1 Å². The van der Waals surface area contributed by atoms with Crippen molar-refractivity contribution in [3.63, 3.8) is 0 Å². The quantitative estimate of drug-likeness (QED) is 0.852. The van der Waals surface area contributed by atoms with Crippen LogP contribution in [0.25, 0.3) is 9.69 Å². The molecule has 8 nitrogen and oxygen atoms in total. The number of rotatable bonds is 4. The summed E-state index contributed by atoms with van der Waals surface area (Å²) in [5.74, 6) is 0.0853. The third kappa shape index (κ3) is 6.39. The van der Waals surface area contributed by atoms with Crippen molar-refractivity contribution in [2.75, 3.05) is 21.1 Å². The standard InChI is InChI=1S/C8H12N4.C7H10N4.ClH.H2/c1-9-8-5-7(6-11(2)3)10-12(8)4;1-8-5-6-4-7(9-2)11(3)10-6;;/h5H,6H2,2-4H3;4,8H,5H2,1,3H3;2*1H/i4D3;3D3;;. The molecule has 2 aromatic rings. The second-order valence-corrected chi connectivity index (χ2v) is 4.80. The van der Waals surface area contributed by atoms with Crippen LogP contribution in [-0.4, -0.2) is 45.6 Å². The summed E-state index contributed by atoms with van der Waals surface area (Å²) in [4.78, 5) is 8.10. The number of hydrogen-bond acceptors (Lipinski definition) is 4. The van der Waals surface area contributed by atoms with Gasteiger partial charge in [-0.15, -0.1) is 22.6 Å². The number of hydrogen-bond donors (Lipinski definition) is 1. The second kappa shape index (κ2) is 10.4. The Kier molecular flexibility index (Phi) is 5.62. The van der Waals surface area contributed by atoms with Crippen molar-refractivity contribution in [1.82, 2.24) is 29.8 Å². The van der Waals surface area contributed by atoms with Gasteiger partial charge in [-0.05, 0) is 33.3 Å². The first-order chi connectivity index (χ1) is 13.3. The minimum absolute atomic E-state index is 0. The van der Waals surface area contributed by atoms with Gasteiger partial charge in [0.05, 0.1) is 33.6 Å². The summed E-state index contributed by atoms with van der Waals surface area (Å²) in [5, 5.41) is 10.5. The van der Waals surface area contributed by atoms with E-state index in [9.17, 15) is 0 Å². The fourth-order valence-corrected chi connectivity index (χ4v) is 1.67. The average molecular weight is 359 g/mol. The first kappa shape index (κ1) is 13.0. The Hall–Kier alpha value is -2.39. The van der Waals surface area contributed by atoms with Gasteiger partial charge in [-0.2, -0.15) is 0 Å². The first-order valence-electron chi connectivity index (χ1n) is 9.56. The molecule has 24 heavy (non-hydrogen) atoms. The number of halogens is 1. The van der Waals surface area contributed by atoms with Crippen molar-refractivity contribution < 1.29 is 9.65 Å². The van der Waals surface area contributed by atoms with Gasteiger partial charge in [-0.3, -0.25) is 0 Å². The summed E-state index contributed by atoms with van der Waals surface area (Å²) in [6, 6.07) is 2.97. The third-order valence-corrected chi connectivity index (χ3v) is 2.55. The molecule has 2 rings (SSSR count). The third-order valence-electron chi connectivity index (χ3n) is 2.55. The molecule has 0 radical (unpaired) electrons. The van der Waals surface area contributed by atoms with Gasteiger partial charge in [0, 0.05) is 14.5 Å². The molecule has 0 aliphatic carbocycles. The summed E-state index contributed by atoms with van der Waals surface area (Å²) >= 11 is 0.